The van der Waals surface area contributed by atoms with Crippen LogP contribution in [0.3, 0.4) is 0 Å². The maximum Gasteiger partial charge on any atom is 0.323 e. The number of methoxy groups -OCH3 is 2. The second-order valence-corrected chi connectivity index (χ2v) is 6.02. The van der Waals surface area contributed by atoms with Crippen molar-refractivity contribution in [3.8, 4) is 11.3 Å². The highest BCUT2D eigenvalue weighted by Crippen LogP contribution is 2.42. The highest BCUT2D eigenvalue weighted by atomic mass is 16.5. The Labute approximate surface area is 140 Å². The van der Waals surface area contributed by atoms with E-state index in [1.54, 1.807) is 6.20 Å². The maximum atomic E-state index is 12.3. The predicted molar refractivity (Wildman–Crippen MR) is 88.3 cm³/mol. The molecule has 24 heavy (non-hydrogen) atoms. The van der Waals surface area contributed by atoms with Crippen LogP contribution in [-0.2, 0) is 31.9 Å². The SMILES string of the molecule is COC(=O)C1(C(=O)OC)Cc2cnc(-c3ccccc3)c(C)c2C1. The molecule has 0 aliphatic heterocycles. The Balaban J connectivity index is 2.08. The van der Waals surface area contributed by atoms with Gasteiger partial charge in [0.1, 0.15) is 0 Å². The zero-order valence-corrected chi connectivity index (χ0v) is 14.0. The summed E-state index contributed by atoms with van der Waals surface area (Å²) in [6, 6.07) is 9.84. The minimum absolute atomic E-state index is 0.255. The largest absolute Gasteiger partial charge is 0.468 e. The van der Waals surface area contributed by atoms with Crippen LogP contribution in [0.25, 0.3) is 11.3 Å². The average Bonchev–Trinajstić information content (AvgIpc) is 3.03. The summed E-state index contributed by atoms with van der Waals surface area (Å²) in [5, 5.41) is 0. The van der Waals surface area contributed by atoms with E-state index in [1.807, 2.05) is 37.3 Å². The summed E-state index contributed by atoms with van der Waals surface area (Å²) in [5.74, 6) is -1.13. The normalized spacial score (nSPS) is 14.8. The number of nitrogens with zero attached hydrogens (tertiary/aromatic N) is 1. The van der Waals surface area contributed by atoms with Gasteiger partial charge in [0, 0.05) is 24.6 Å². The molecule has 3 rings (SSSR count). The van der Waals surface area contributed by atoms with E-state index in [4.69, 9.17) is 9.47 Å². The Morgan fingerprint density at radius 2 is 1.67 bits per heavy atom. The molecule has 1 aliphatic carbocycles. The number of esters is 2. The number of pyridine rings is 1. The van der Waals surface area contributed by atoms with E-state index in [-0.39, 0.29) is 12.8 Å². The Bertz CT molecular complexity index is 783. The van der Waals surface area contributed by atoms with Crippen LogP contribution in [0.2, 0.25) is 0 Å². The van der Waals surface area contributed by atoms with Crippen molar-refractivity contribution < 1.29 is 19.1 Å². The van der Waals surface area contributed by atoms with Gasteiger partial charge in [-0.2, -0.15) is 0 Å². The molecule has 0 unspecified atom stereocenters. The molecule has 0 amide bonds. The van der Waals surface area contributed by atoms with Gasteiger partial charge in [-0.15, -0.1) is 0 Å². The zero-order chi connectivity index (χ0) is 17.3. The third kappa shape index (κ3) is 2.37. The predicted octanol–water partition coefficient (Wildman–Crippen LogP) is 2.49. The van der Waals surface area contributed by atoms with Gasteiger partial charge in [0.15, 0.2) is 5.41 Å². The van der Waals surface area contributed by atoms with Gasteiger partial charge in [-0.25, -0.2) is 0 Å². The molecule has 0 radical (unpaired) electrons. The van der Waals surface area contributed by atoms with Crippen LogP contribution in [0.15, 0.2) is 36.5 Å². The van der Waals surface area contributed by atoms with Gasteiger partial charge in [-0.3, -0.25) is 14.6 Å². The Kier molecular flexibility index (Phi) is 4.09. The fourth-order valence-electron chi connectivity index (χ4n) is 3.44. The molecule has 1 aliphatic rings. The van der Waals surface area contributed by atoms with Gasteiger partial charge in [-0.1, -0.05) is 30.3 Å². The standard InChI is InChI=1S/C19H19NO4/c1-12-15-10-19(17(21)23-2,18(22)24-3)9-14(15)11-20-16(12)13-7-5-4-6-8-13/h4-8,11H,9-10H2,1-3H3. The first-order chi connectivity index (χ1) is 11.5. The summed E-state index contributed by atoms with van der Waals surface area (Å²) in [4.78, 5) is 29.2. The van der Waals surface area contributed by atoms with Gasteiger partial charge >= 0.3 is 11.9 Å². The zero-order valence-electron chi connectivity index (χ0n) is 14.0. The van der Waals surface area contributed by atoms with E-state index in [1.165, 1.54) is 14.2 Å². The fraction of sp³-hybridized carbons (Fsp3) is 0.316. The average molecular weight is 325 g/mol. The van der Waals surface area contributed by atoms with Crippen molar-refractivity contribution >= 4 is 11.9 Å². The molecule has 0 bridgehead atoms. The van der Waals surface area contributed by atoms with E-state index in [9.17, 15) is 9.59 Å². The first kappa shape index (κ1) is 16.2. The van der Waals surface area contributed by atoms with Crippen molar-refractivity contribution in [2.75, 3.05) is 14.2 Å². The molecule has 0 N–H and O–H groups in total. The van der Waals surface area contributed by atoms with Crippen molar-refractivity contribution in [3.63, 3.8) is 0 Å². The number of aromatic nitrogens is 1. The Morgan fingerprint density at radius 1 is 1.04 bits per heavy atom. The van der Waals surface area contributed by atoms with Gasteiger partial charge in [0.2, 0.25) is 0 Å². The lowest BCUT2D eigenvalue weighted by Gasteiger charge is -2.22. The Hall–Kier alpha value is -2.69. The monoisotopic (exact) mass is 325 g/mol. The molecule has 5 heteroatoms. The molecule has 0 spiro atoms. The van der Waals surface area contributed by atoms with Gasteiger partial charge in [0.05, 0.1) is 19.9 Å². The van der Waals surface area contributed by atoms with Crippen molar-refractivity contribution in [3.05, 3.63) is 53.2 Å². The quantitative estimate of drug-likeness (QED) is 0.641. The van der Waals surface area contributed by atoms with Crippen LogP contribution < -0.4 is 0 Å². The summed E-state index contributed by atoms with van der Waals surface area (Å²) >= 11 is 0. The summed E-state index contributed by atoms with van der Waals surface area (Å²) < 4.78 is 9.77. The third-order valence-electron chi connectivity index (χ3n) is 4.72. The molecule has 5 nitrogen and oxygen atoms in total. The van der Waals surface area contributed by atoms with E-state index in [0.717, 1.165) is 27.9 Å². The topological polar surface area (TPSA) is 65.5 Å². The number of ether oxygens (including phenoxy) is 2. The lowest BCUT2D eigenvalue weighted by atomic mass is 9.84. The van der Waals surface area contributed by atoms with E-state index in [0.29, 0.717) is 0 Å². The maximum absolute atomic E-state index is 12.3. The lowest BCUT2D eigenvalue weighted by molar-refractivity contribution is -0.168. The number of benzene rings is 1. The molecular weight excluding hydrogens is 306 g/mol. The molecule has 1 aromatic carbocycles. The van der Waals surface area contributed by atoms with Gasteiger partial charge < -0.3 is 9.47 Å². The first-order valence-corrected chi connectivity index (χ1v) is 7.73. The van der Waals surface area contributed by atoms with Crippen LogP contribution in [-0.4, -0.2) is 31.1 Å². The van der Waals surface area contributed by atoms with Gasteiger partial charge in [-0.05, 0) is 23.6 Å². The summed E-state index contributed by atoms with van der Waals surface area (Å²) in [6.07, 6.45) is 2.28. The summed E-state index contributed by atoms with van der Waals surface area (Å²) in [6.45, 7) is 1.97. The number of hydrogen-bond acceptors (Lipinski definition) is 5. The molecule has 1 heterocycles. The van der Waals surface area contributed by atoms with Crippen LogP contribution >= 0.6 is 0 Å². The van der Waals surface area contributed by atoms with Crippen molar-refractivity contribution in [1.29, 1.82) is 0 Å². The number of carbonyl (C=O) groups excluding carboxylic acids is 2. The van der Waals surface area contributed by atoms with E-state index in [2.05, 4.69) is 4.98 Å². The minimum Gasteiger partial charge on any atom is -0.468 e. The smallest absolute Gasteiger partial charge is 0.323 e. The van der Waals surface area contributed by atoms with Crippen LogP contribution in [0.4, 0.5) is 0 Å². The molecular formula is C19H19NO4. The third-order valence-corrected chi connectivity index (χ3v) is 4.72. The lowest BCUT2D eigenvalue weighted by Crippen LogP contribution is -2.42. The van der Waals surface area contributed by atoms with Crippen LogP contribution in [0, 0.1) is 12.3 Å². The minimum atomic E-state index is -1.31. The second kappa shape index (κ2) is 6.07. The highest BCUT2D eigenvalue weighted by molar-refractivity contribution is 6.01. The Morgan fingerprint density at radius 3 is 2.25 bits per heavy atom. The van der Waals surface area contributed by atoms with Crippen molar-refractivity contribution in [2.24, 2.45) is 5.41 Å². The molecule has 0 fully saturated rings. The van der Waals surface area contributed by atoms with E-state index < -0.39 is 17.4 Å². The molecule has 0 atom stereocenters. The van der Waals surface area contributed by atoms with E-state index >= 15 is 0 Å². The second-order valence-electron chi connectivity index (χ2n) is 6.02. The van der Waals surface area contributed by atoms with Crippen LogP contribution in [0.1, 0.15) is 16.7 Å². The molecule has 124 valence electrons. The molecule has 0 saturated heterocycles. The molecule has 0 saturated carbocycles. The van der Waals surface area contributed by atoms with Crippen LogP contribution in [0.5, 0.6) is 0 Å². The number of hydrogen-bond donors (Lipinski definition) is 0. The number of carbonyl (C=O) groups is 2. The van der Waals surface area contributed by atoms with Crippen molar-refractivity contribution in [2.45, 2.75) is 19.8 Å². The fourth-order valence-corrected chi connectivity index (χ4v) is 3.44. The summed E-state index contributed by atoms with van der Waals surface area (Å²) in [7, 11) is 2.58. The molecule has 2 aromatic rings. The highest BCUT2D eigenvalue weighted by Gasteiger charge is 2.53. The summed E-state index contributed by atoms with van der Waals surface area (Å²) in [5.41, 5.74) is 3.40. The van der Waals surface area contributed by atoms with Crippen molar-refractivity contribution in [1.82, 2.24) is 4.98 Å². The number of fused-ring (bicyclic) bond motifs is 1. The molecule has 1 aromatic heterocycles. The first-order valence-electron chi connectivity index (χ1n) is 7.73. The van der Waals surface area contributed by atoms with Gasteiger partial charge in [0.25, 0.3) is 0 Å². The number of rotatable bonds is 3.